The lowest BCUT2D eigenvalue weighted by Gasteiger charge is -2.28. The van der Waals surface area contributed by atoms with Gasteiger partial charge in [0.15, 0.2) is 0 Å². The second-order valence-electron chi connectivity index (χ2n) is 6.27. The number of hydrogen-bond donors (Lipinski definition) is 2. The predicted molar refractivity (Wildman–Crippen MR) is 88.9 cm³/mol. The summed E-state index contributed by atoms with van der Waals surface area (Å²) in [4.78, 5) is 12.8. The van der Waals surface area contributed by atoms with E-state index in [0.29, 0.717) is 13.0 Å². The number of ether oxygens (including phenoxy) is 1. The minimum Gasteiger partial charge on any atom is -0.497 e. The van der Waals surface area contributed by atoms with Gasteiger partial charge in [0.25, 0.3) is 0 Å². The average Bonchev–Trinajstić information content (AvgIpc) is 3.00. The zero-order chi connectivity index (χ0) is 16.3. The molecule has 0 saturated heterocycles. The lowest BCUT2D eigenvalue weighted by atomic mass is 9.81. The number of aliphatic hydroxyl groups is 1. The summed E-state index contributed by atoms with van der Waals surface area (Å²) in [5, 5.41) is 13.0. The highest BCUT2D eigenvalue weighted by Gasteiger charge is 2.44. The number of allylic oxidation sites excluding steroid dienone is 2. The summed E-state index contributed by atoms with van der Waals surface area (Å²) in [6.45, 7) is 0.427. The molecule has 0 aromatic heterocycles. The maximum atomic E-state index is 12.8. The third kappa shape index (κ3) is 2.91. The van der Waals surface area contributed by atoms with Crippen molar-refractivity contribution >= 4 is 5.91 Å². The van der Waals surface area contributed by atoms with E-state index in [1.54, 1.807) is 7.11 Å². The molecule has 1 amide bonds. The third-order valence-corrected chi connectivity index (χ3v) is 4.97. The summed E-state index contributed by atoms with van der Waals surface area (Å²) in [7, 11) is 1.65. The van der Waals surface area contributed by atoms with Gasteiger partial charge in [0.1, 0.15) is 5.76 Å². The van der Waals surface area contributed by atoms with Gasteiger partial charge in [0, 0.05) is 6.54 Å². The Labute approximate surface area is 136 Å². The summed E-state index contributed by atoms with van der Waals surface area (Å²) in [5.74, 6) is 1.06. The van der Waals surface area contributed by atoms with E-state index < -0.39 is 5.41 Å². The van der Waals surface area contributed by atoms with Gasteiger partial charge in [-0.2, -0.15) is 0 Å². The molecule has 2 unspecified atom stereocenters. The number of aryl methyl sites for hydroxylation is 1. The van der Waals surface area contributed by atoms with Crippen LogP contribution < -0.4 is 5.32 Å². The molecule has 0 spiro atoms. The first-order chi connectivity index (χ1) is 11.2. The molecular formula is C19H23NO3. The fourth-order valence-corrected chi connectivity index (χ4v) is 3.50. The van der Waals surface area contributed by atoms with Crippen molar-refractivity contribution in [2.45, 2.75) is 24.7 Å². The Morgan fingerprint density at radius 1 is 1.43 bits per heavy atom. The van der Waals surface area contributed by atoms with Gasteiger partial charge >= 0.3 is 0 Å². The number of benzene rings is 1. The topological polar surface area (TPSA) is 58.6 Å². The molecule has 2 aliphatic rings. The number of rotatable bonds is 5. The SMILES string of the molecule is COC1=CCC(CNC(=O)C2(CO)CCc3ccccc32)C=C1. The molecule has 2 aliphatic carbocycles. The molecule has 1 aromatic rings. The molecule has 2 N–H and O–H groups in total. The minimum absolute atomic E-state index is 0.0696. The molecule has 4 heteroatoms. The molecule has 0 saturated carbocycles. The fraction of sp³-hybridized carbons (Fsp3) is 0.421. The molecule has 0 bridgehead atoms. The average molecular weight is 313 g/mol. The summed E-state index contributed by atoms with van der Waals surface area (Å²) in [6, 6.07) is 7.92. The van der Waals surface area contributed by atoms with Crippen LogP contribution in [0.3, 0.4) is 0 Å². The maximum absolute atomic E-state index is 12.8. The van der Waals surface area contributed by atoms with Crippen molar-refractivity contribution in [1.29, 1.82) is 0 Å². The highest BCUT2D eigenvalue weighted by atomic mass is 16.5. The van der Waals surface area contributed by atoms with E-state index in [1.165, 1.54) is 5.56 Å². The van der Waals surface area contributed by atoms with Crippen LogP contribution in [0.4, 0.5) is 0 Å². The van der Waals surface area contributed by atoms with Crippen LogP contribution in [-0.2, 0) is 21.4 Å². The first-order valence-corrected chi connectivity index (χ1v) is 8.09. The summed E-state index contributed by atoms with van der Waals surface area (Å²) in [6.07, 6.45) is 8.39. The zero-order valence-electron chi connectivity index (χ0n) is 13.4. The first-order valence-electron chi connectivity index (χ1n) is 8.09. The number of carbonyl (C=O) groups is 1. The van der Waals surface area contributed by atoms with Gasteiger partial charge < -0.3 is 15.2 Å². The number of fused-ring (bicyclic) bond motifs is 1. The number of amides is 1. The van der Waals surface area contributed by atoms with E-state index in [-0.39, 0.29) is 18.4 Å². The van der Waals surface area contributed by atoms with Gasteiger partial charge in [-0.15, -0.1) is 0 Å². The number of methoxy groups -OCH3 is 1. The maximum Gasteiger partial charge on any atom is 0.233 e. The Hall–Kier alpha value is -2.07. The van der Waals surface area contributed by atoms with Crippen LogP contribution in [-0.4, -0.2) is 31.3 Å². The monoisotopic (exact) mass is 313 g/mol. The zero-order valence-corrected chi connectivity index (χ0v) is 13.4. The van der Waals surface area contributed by atoms with E-state index in [0.717, 1.165) is 24.2 Å². The molecule has 4 nitrogen and oxygen atoms in total. The molecule has 23 heavy (non-hydrogen) atoms. The van der Waals surface area contributed by atoms with Crippen molar-refractivity contribution in [1.82, 2.24) is 5.32 Å². The Bertz CT molecular complexity index is 650. The van der Waals surface area contributed by atoms with E-state index in [2.05, 4.69) is 11.4 Å². The van der Waals surface area contributed by atoms with Gasteiger partial charge in [0.2, 0.25) is 5.91 Å². The number of hydrogen-bond acceptors (Lipinski definition) is 3. The Morgan fingerprint density at radius 3 is 2.96 bits per heavy atom. The third-order valence-electron chi connectivity index (χ3n) is 4.97. The number of aliphatic hydroxyl groups excluding tert-OH is 1. The molecule has 0 fully saturated rings. The van der Waals surface area contributed by atoms with Crippen LogP contribution >= 0.6 is 0 Å². The molecule has 0 aliphatic heterocycles. The van der Waals surface area contributed by atoms with Gasteiger partial charge in [-0.3, -0.25) is 4.79 Å². The lowest BCUT2D eigenvalue weighted by molar-refractivity contribution is -0.128. The molecule has 3 rings (SSSR count). The summed E-state index contributed by atoms with van der Waals surface area (Å²) >= 11 is 0. The van der Waals surface area contributed by atoms with Gasteiger partial charge in [0.05, 0.1) is 19.1 Å². The van der Waals surface area contributed by atoms with Crippen molar-refractivity contribution in [2.24, 2.45) is 5.92 Å². The second kappa shape index (κ2) is 6.59. The van der Waals surface area contributed by atoms with Crippen LogP contribution in [0.25, 0.3) is 0 Å². The predicted octanol–water partition coefficient (Wildman–Crippen LogP) is 2.09. The first kappa shape index (κ1) is 15.8. The minimum atomic E-state index is -0.789. The van der Waals surface area contributed by atoms with Crippen molar-refractivity contribution < 1.29 is 14.6 Å². The van der Waals surface area contributed by atoms with Gasteiger partial charge in [-0.05, 0) is 48.5 Å². The number of carbonyl (C=O) groups excluding carboxylic acids is 1. The van der Waals surface area contributed by atoms with Crippen LogP contribution in [0.5, 0.6) is 0 Å². The van der Waals surface area contributed by atoms with Crippen molar-refractivity contribution in [3.05, 3.63) is 59.4 Å². The van der Waals surface area contributed by atoms with Gasteiger partial charge in [-0.1, -0.05) is 30.3 Å². The Morgan fingerprint density at radius 2 is 2.26 bits per heavy atom. The molecule has 0 heterocycles. The molecular weight excluding hydrogens is 290 g/mol. The van der Waals surface area contributed by atoms with Crippen molar-refractivity contribution in [2.75, 3.05) is 20.3 Å². The highest BCUT2D eigenvalue weighted by molar-refractivity contribution is 5.89. The molecule has 122 valence electrons. The van der Waals surface area contributed by atoms with Gasteiger partial charge in [-0.25, -0.2) is 0 Å². The Kier molecular flexibility index (Phi) is 4.53. The second-order valence-corrected chi connectivity index (χ2v) is 6.27. The molecule has 0 radical (unpaired) electrons. The van der Waals surface area contributed by atoms with E-state index in [4.69, 9.17) is 4.74 Å². The van der Waals surface area contributed by atoms with Crippen LogP contribution in [0.2, 0.25) is 0 Å². The van der Waals surface area contributed by atoms with Crippen LogP contribution in [0, 0.1) is 5.92 Å². The molecule has 2 atom stereocenters. The standard InChI is InChI=1S/C19H23NO3/c1-23-16-8-6-14(7-9-16)12-20-18(22)19(13-21)11-10-15-4-2-3-5-17(15)19/h2-6,8-9,14,21H,7,10-13H2,1H3,(H,20,22). The van der Waals surface area contributed by atoms with Crippen LogP contribution in [0.1, 0.15) is 24.0 Å². The normalized spacial score (nSPS) is 25.7. The largest absolute Gasteiger partial charge is 0.497 e. The summed E-state index contributed by atoms with van der Waals surface area (Å²) in [5.41, 5.74) is 1.35. The lowest BCUT2D eigenvalue weighted by Crippen LogP contribution is -2.47. The number of nitrogens with one attached hydrogen (secondary N) is 1. The van der Waals surface area contributed by atoms with E-state index >= 15 is 0 Å². The van der Waals surface area contributed by atoms with Crippen molar-refractivity contribution in [3.63, 3.8) is 0 Å². The van der Waals surface area contributed by atoms with E-state index in [9.17, 15) is 9.90 Å². The molecule has 1 aromatic carbocycles. The van der Waals surface area contributed by atoms with Crippen molar-refractivity contribution in [3.8, 4) is 0 Å². The fourth-order valence-electron chi connectivity index (χ4n) is 3.50. The Balaban J connectivity index is 1.66. The summed E-state index contributed by atoms with van der Waals surface area (Å²) < 4.78 is 5.17. The quantitative estimate of drug-likeness (QED) is 0.875. The smallest absolute Gasteiger partial charge is 0.233 e. The van der Waals surface area contributed by atoms with E-state index in [1.807, 2.05) is 36.4 Å². The highest BCUT2D eigenvalue weighted by Crippen LogP contribution is 2.38. The van der Waals surface area contributed by atoms with Crippen LogP contribution in [0.15, 0.2) is 48.3 Å².